The maximum Gasteiger partial charge on any atom is 0.420 e. The minimum Gasteiger partial charge on any atom is -0.408 e. The van der Waals surface area contributed by atoms with Gasteiger partial charge in [-0.15, -0.1) is 0 Å². The van der Waals surface area contributed by atoms with Crippen molar-refractivity contribution >= 4 is 17.0 Å². The molecule has 5 heteroatoms. The molecule has 0 aliphatic carbocycles. The van der Waals surface area contributed by atoms with E-state index < -0.39 is 5.76 Å². The summed E-state index contributed by atoms with van der Waals surface area (Å²) in [6.45, 7) is 6.23. The van der Waals surface area contributed by atoms with Crippen LogP contribution >= 0.6 is 0 Å². The molecule has 2 aromatic carbocycles. The second kappa shape index (κ2) is 6.35. The highest BCUT2D eigenvalue weighted by Gasteiger charge is 2.14. The molecule has 0 radical (unpaired) electrons. The number of fused-ring (bicyclic) bond motifs is 1. The van der Waals surface area contributed by atoms with Crippen molar-refractivity contribution in [3.8, 4) is 0 Å². The standard InChI is InChI=1S/C19H20N2O3/c1-12(2)20-18(22)15-8-9-17-16(10-15)21(19(23)24-17)11-14-6-4-13(3)5-7-14/h4-10,12H,11H2,1-3H3,(H,20,22). The van der Waals surface area contributed by atoms with E-state index in [1.54, 1.807) is 22.8 Å². The molecule has 0 saturated carbocycles. The number of rotatable bonds is 4. The number of hydrogen-bond donors (Lipinski definition) is 1. The first-order valence-corrected chi connectivity index (χ1v) is 7.94. The van der Waals surface area contributed by atoms with Crippen LogP contribution in [0.1, 0.15) is 35.3 Å². The Morgan fingerprint density at radius 3 is 2.54 bits per heavy atom. The number of aromatic nitrogens is 1. The largest absolute Gasteiger partial charge is 0.420 e. The van der Waals surface area contributed by atoms with Gasteiger partial charge in [-0.2, -0.15) is 0 Å². The van der Waals surface area contributed by atoms with Crippen molar-refractivity contribution in [3.05, 3.63) is 69.7 Å². The second-order valence-corrected chi connectivity index (χ2v) is 6.25. The van der Waals surface area contributed by atoms with Crippen LogP contribution in [0.15, 0.2) is 51.7 Å². The van der Waals surface area contributed by atoms with Crippen LogP contribution in [0.4, 0.5) is 0 Å². The lowest BCUT2D eigenvalue weighted by atomic mass is 10.1. The van der Waals surface area contributed by atoms with E-state index in [2.05, 4.69) is 5.32 Å². The molecule has 5 nitrogen and oxygen atoms in total. The number of nitrogens with one attached hydrogen (secondary N) is 1. The molecule has 0 spiro atoms. The van der Waals surface area contributed by atoms with Crippen molar-refractivity contribution in [1.29, 1.82) is 0 Å². The van der Waals surface area contributed by atoms with Crippen LogP contribution in [0.5, 0.6) is 0 Å². The van der Waals surface area contributed by atoms with Gasteiger partial charge in [0.15, 0.2) is 5.58 Å². The van der Waals surface area contributed by atoms with E-state index in [0.29, 0.717) is 23.2 Å². The molecular weight excluding hydrogens is 304 g/mol. The monoisotopic (exact) mass is 324 g/mol. The summed E-state index contributed by atoms with van der Waals surface area (Å²) in [5.41, 5.74) is 3.78. The van der Waals surface area contributed by atoms with E-state index in [0.717, 1.165) is 11.1 Å². The van der Waals surface area contributed by atoms with E-state index in [1.165, 1.54) is 0 Å². The molecule has 1 heterocycles. The van der Waals surface area contributed by atoms with Crippen LogP contribution in [0.2, 0.25) is 0 Å². The SMILES string of the molecule is Cc1ccc(Cn2c(=O)oc3ccc(C(=O)NC(C)C)cc32)cc1. The van der Waals surface area contributed by atoms with Crippen molar-refractivity contribution in [2.75, 3.05) is 0 Å². The van der Waals surface area contributed by atoms with Crippen molar-refractivity contribution in [3.63, 3.8) is 0 Å². The number of hydrogen-bond acceptors (Lipinski definition) is 3. The fraction of sp³-hybridized carbons (Fsp3) is 0.263. The van der Waals surface area contributed by atoms with Crippen LogP contribution in [0.25, 0.3) is 11.1 Å². The van der Waals surface area contributed by atoms with E-state index in [1.807, 2.05) is 45.0 Å². The normalized spacial score (nSPS) is 11.2. The van der Waals surface area contributed by atoms with Crippen molar-refractivity contribution < 1.29 is 9.21 Å². The Hall–Kier alpha value is -2.82. The van der Waals surface area contributed by atoms with E-state index >= 15 is 0 Å². The third-order valence-corrected chi connectivity index (χ3v) is 3.81. The molecule has 0 saturated heterocycles. The molecule has 0 fully saturated rings. The van der Waals surface area contributed by atoms with Gasteiger partial charge in [-0.1, -0.05) is 29.8 Å². The predicted octanol–water partition coefficient (Wildman–Crippen LogP) is 3.09. The lowest BCUT2D eigenvalue weighted by molar-refractivity contribution is 0.0943. The third kappa shape index (κ3) is 3.25. The van der Waals surface area contributed by atoms with E-state index in [9.17, 15) is 9.59 Å². The molecule has 0 aliphatic heterocycles. The summed E-state index contributed by atoms with van der Waals surface area (Å²) in [5.74, 6) is -0.588. The minimum atomic E-state index is -0.424. The summed E-state index contributed by atoms with van der Waals surface area (Å²) in [6, 6.07) is 13.1. The molecule has 1 amide bonds. The average Bonchev–Trinajstić information content (AvgIpc) is 2.84. The zero-order valence-electron chi connectivity index (χ0n) is 14.0. The average molecular weight is 324 g/mol. The Labute approximate surface area is 139 Å². The number of oxazole rings is 1. The van der Waals surface area contributed by atoms with Crippen LogP contribution in [0.3, 0.4) is 0 Å². The summed E-state index contributed by atoms with van der Waals surface area (Å²) in [6.07, 6.45) is 0. The molecule has 3 aromatic rings. The topological polar surface area (TPSA) is 64.2 Å². The number of benzene rings is 2. The van der Waals surface area contributed by atoms with Crippen molar-refractivity contribution in [2.24, 2.45) is 0 Å². The summed E-state index contributed by atoms with van der Waals surface area (Å²) in [4.78, 5) is 24.3. The molecule has 0 aliphatic rings. The number of carbonyl (C=O) groups is 1. The highest BCUT2D eigenvalue weighted by Crippen LogP contribution is 2.17. The first-order chi connectivity index (χ1) is 11.4. The number of aryl methyl sites for hydroxylation is 1. The lowest BCUT2D eigenvalue weighted by Crippen LogP contribution is -2.30. The van der Waals surface area contributed by atoms with Crippen LogP contribution in [-0.4, -0.2) is 16.5 Å². The third-order valence-electron chi connectivity index (χ3n) is 3.81. The van der Waals surface area contributed by atoms with Gasteiger partial charge in [-0.05, 0) is 44.5 Å². The molecule has 124 valence electrons. The number of amides is 1. The number of carbonyl (C=O) groups excluding carboxylic acids is 1. The first-order valence-electron chi connectivity index (χ1n) is 7.94. The quantitative estimate of drug-likeness (QED) is 0.802. The fourth-order valence-electron chi connectivity index (χ4n) is 2.57. The fourth-order valence-corrected chi connectivity index (χ4v) is 2.57. The van der Waals surface area contributed by atoms with Crippen LogP contribution in [0, 0.1) is 6.92 Å². The van der Waals surface area contributed by atoms with Gasteiger partial charge in [-0.25, -0.2) is 4.79 Å². The van der Waals surface area contributed by atoms with Crippen molar-refractivity contribution in [2.45, 2.75) is 33.4 Å². The Morgan fingerprint density at radius 2 is 1.88 bits per heavy atom. The summed E-state index contributed by atoms with van der Waals surface area (Å²) >= 11 is 0. The molecule has 3 rings (SSSR count). The van der Waals surface area contributed by atoms with Gasteiger partial charge in [0.2, 0.25) is 0 Å². The Balaban J connectivity index is 2.00. The minimum absolute atomic E-state index is 0.0484. The molecular formula is C19H20N2O3. The van der Waals surface area contributed by atoms with Gasteiger partial charge in [-0.3, -0.25) is 9.36 Å². The zero-order valence-corrected chi connectivity index (χ0v) is 14.0. The van der Waals surface area contributed by atoms with E-state index in [-0.39, 0.29) is 11.9 Å². The van der Waals surface area contributed by atoms with Crippen molar-refractivity contribution in [1.82, 2.24) is 9.88 Å². The Bertz CT molecular complexity index is 933. The summed E-state index contributed by atoms with van der Waals surface area (Å²) in [5, 5.41) is 2.85. The van der Waals surface area contributed by atoms with Crippen LogP contribution in [-0.2, 0) is 6.54 Å². The number of nitrogens with zero attached hydrogens (tertiary/aromatic N) is 1. The van der Waals surface area contributed by atoms with Gasteiger partial charge in [0.25, 0.3) is 5.91 Å². The molecule has 24 heavy (non-hydrogen) atoms. The van der Waals surface area contributed by atoms with Gasteiger partial charge in [0.1, 0.15) is 0 Å². The highest BCUT2D eigenvalue weighted by atomic mass is 16.4. The highest BCUT2D eigenvalue weighted by molar-refractivity contribution is 5.97. The zero-order chi connectivity index (χ0) is 17.3. The van der Waals surface area contributed by atoms with Gasteiger partial charge < -0.3 is 9.73 Å². The van der Waals surface area contributed by atoms with Gasteiger partial charge in [0, 0.05) is 11.6 Å². The maximum atomic E-state index is 12.2. The summed E-state index contributed by atoms with van der Waals surface area (Å²) in [7, 11) is 0. The van der Waals surface area contributed by atoms with Crippen LogP contribution < -0.4 is 11.1 Å². The lowest BCUT2D eigenvalue weighted by Gasteiger charge is -2.08. The van der Waals surface area contributed by atoms with E-state index in [4.69, 9.17) is 4.42 Å². The van der Waals surface area contributed by atoms with Gasteiger partial charge >= 0.3 is 5.76 Å². The first kappa shape index (κ1) is 16.1. The second-order valence-electron chi connectivity index (χ2n) is 6.25. The Kier molecular flexibility index (Phi) is 4.25. The molecule has 0 atom stereocenters. The molecule has 0 unspecified atom stereocenters. The predicted molar refractivity (Wildman–Crippen MR) is 93.4 cm³/mol. The Morgan fingerprint density at radius 1 is 1.17 bits per heavy atom. The van der Waals surface area contributed by atoms with Gasteiger partial charge in [0.05, 0.1) is 12.1 Å². The maximum absolute atomic E-state index is 12.2. The molecule has 1 N–H and O–H groups in total. The molecule has 1 aromatic heterocycles. The smallest absolute Gasteiger partial charge is 0.408 e. The molecule has 0 bridgehead atoms. The summed E-state index contributed by atoms with van der Waals surface area (Å²) < 4.78 is 6.83.